The molecule has 0 bridgehead atoms. The van der Waals surface area contributed by atoms with Gasteiger partial charge >= 0.3 is 6.03 Å². The molecule has 0 spiro atoms. The fraction of sp³-hybridized carbons (Fsp3) is 0.400. The van der Waals surface area contributed by atoms with Gasteiger partial charge in [0, 0.05) is 22.2 Å². The van der Waals surface area contributed by atoms with Crippen LogP contribution in [-0.2, 0) is 21.5 Å². The molecule has 1 aliphatic heterocycles. The molecule has 4 amide bonds. The van der Waals surface area contributed by atoms with Crippen LogP contribution in [0.1, 0.15) is 44.9 Å². The summed E-state index contributed by atoms with van der Waals surface area (Å²) in [5.74, 6) is -0.599. The molecular weight excluding hydrogens is 412 g/mol. The number of nitrogens with one attached hydrogen (secondary N) is 2. The highest BCUT2D eigenvalue weighted by molar-refractivity contribution is 7.13. The summed E-state index contributed by atoms with van der Waals surface area (Å²) < 4.78 is 0. The molecule has 1 aliphatic rings. The molecule has 7 nitrogen and oxygen atoms in total. The van der Waals surface area contributed by atoms with Gasteiger partial charge in [0.05, 0.1) is 12.2 Å². The smallest absolute Gasteiger partial charge is 0.325 e. The van der Waals surface area contributed by atoms with Crippen molar-refractivity contribution in [3.8, 4) is 0 Å². The van der Waals surface area contributed by atoms with Gasteiger partial charge in [-0.2, -0.15) is 0 Å². The number of anilines is 1. The summed E-state index contributed by atoms with van der Waals surface area (Å²) in [5.41, 5.74) is 1.51. The first-order valence-corrected chi connectivity index (χ1v) is 10.5. The van der Waals surface area contributed by atoms with E-state index in [1.165, 1.54) is 11.3 Å². The molecule has 0 unspecified atom stereocenters. The number of carbonyl (C=O) groups excluding carboxylic acids is 3. The molecule has 1 saturated heterocycles. The van der Waals surface area contributed by atoms with E-state index in [0.717, 1.165) is 10.6 Å². The van der Waals surface area contributed by atoms with E-state index in [1.807, 2.05) is 5.38 Å². The number of amides is 4. The number of hydrogen-bond donors (Lipinski definition) is 2. The normalized spacial score (nSPS) is 16.8. The molecule has 29 heavy (non-hydrogen) atoms. The second-order valence-corrected chi connectivity index (χ2v) is 9.16. The Balaban J connectivity index is 1.54. The Kier molecular flexibility index (Phi) is 6.24. The summed E-state index contributed by atoms with van der Waals surface area (Å²) in [6.45, 7) is 6.25. The molecule has 0 aliphatic carbocycles. The van der Waals surface area contributed by atoms with Crippen LogP contribution >= 0.6 is 22.9 Å². The second kappa shape index (κ2) is 8.51. The molecule has 3 rings (SSSR count). The van der Waals surface area contributed by atoms with Crippen molar-refractivity contribution < 1.29 is 14.4 Å². The lowest BCUT2D eigenvalue weighted by Gasteiger charge is -2.14. The highest BCUT2D eigenvalue weighted by atomic mass is 35.5. The van der Waals surface area contributed by atoms with Crippen LogP contribution in [0.4, 0.5) is 9.93 Å². The fourth-order valence-corrected chi connectivity index (χ4v) is 4.00. The van der Waals surface area contributed by atoms with Crippen molar-refractivity contribution in [1.29, 1.82) is 0 Å². The SMILES string of the molecule is CC(C)(C)c1csc(NC(=O)CC[C@H]2NC(=O)N(Cc3ccccc3Cl)C2=O)n1. The molecule has 1 atom stereocenters. The Bertz CT molecular complexity index is 938. The predicted octanol–water partition coefficient (Wildman–Crippen LogP) is 3.93. The number of halogens is 1. The van der Waals surface area contributed by atoms with E-state index in [9.17, 15) is 14.4 Å². The van der Waals surface area contributed by atoms with Crippen LogP contribution in [0.2, 0.25) is 5.02 Å². The number of rotatable bonds is 6. The average Bonchev–Trinajstić information content (AvgIpc) is 3.21. The summed E-state index contributed by atoms with van der Waals surface area (Å²) in [6, 6.07) is 5.86. The van der Waals surface area contributed by atoms with E-state index in [0.29, 0.717) is 15.7 Å². The van der Waals surface area contributed by atoms with Crippen LogP contribution in [0.5, 0.6) is 0 Å². The van der Waals surface area contributed by atoms with Gasteiger partial charge in [0.1, 0.15) is 6.04 Å². The number of nitrogens with zero attached hydrogens (tertiary/aromatic N) is 2. The van der Waals surface area contributed by atoms with Crippen LogP contribution in [0.25, 0.3) is 0 Å². The Hall–Kier alpha value is -2.45. The second-order valence-electron chi connectivity index (χ2n) is 7.89. The van der Waals surface area contributed by atoms with Gasteiger partial charge in [-0.15, -0.1) is 11.3 Å². The van der Waals surface area contributed by atoms with Crippen molar-refractivity contribution in [3.63, 3.8) is 0 Å². The average molecular weight is 435 g/mol. The molecule has 154 valence electrons. The molecule has 2 N–H and O–H groups in total. The molecule has 9 heteroatoms. The number of hydrogen-bond acceptors (Lipinski definition) is 5. The highest BCUT2D eigenvalue weighted by Gasteiger charge is 2.38. The third-order valence-corrected chi connectivity index (χ3v) is 5.70. The maximum absolute atomic E-state index is 12.6. The molecule has 2 heterocycles. The zero-order valence-electron chi connectivity index (χ0n) is 16.5. The zero-order chi connectivity index (χ0) is 21.2. The first-order chi connectivity index (χ1) is 13.6. The summed E-state index contributed by atoms with van der Waals surface area (Å²) in [7, 11) is 0. The fourth-order valence-electron chi connectivity index (χ4n) is 2.85. The predicted molar refractivity (Wildman–Crippen MR) is 113 cm³/mol. The Morgan fingerprint density at radius 3 is 2.69 bits per heavy atom. The van der Waals surface area contributed by atoms with E-state index in [2.05, 4.69) is 36.4 Å². The van der Waals surface area contributed by atoms with Crippen molar-refractivity contribution in [2.75, 3.05) is 5.32 Å². The van der Waals surface area contributed by atoms with Crippen LogP contribution in [-0.4, -0.2) is 33.8 Å². The Labute approximate surface area is 178 Å². The number of aromatic nitrogens is 1. The van der Waals surface area contributed by atoms with Gasteiger partial charge in [0.2, 0.25) is 5.91 Å². The lowest BCUT2D eigenvalue weighted by atomic mass is 9.93. The molecule has 1 fully saturated rings. The molecular formula is C20H23ClN4O3S. The van der Waals surface area contributed by atoms with Crippen LogP contribution in [0.15, 0.2) is 29.6 Å². The van der Waals surface area contributed by atoms with Gasteiger partial charge in [-0.1, -0.05) is 50.6 Å². The molecule has 1 aromatic carbocycles. The van der Waals surface area contributed by atoms with Crippen molar-refractivity contribution in [2.24, 2.45) is 0 Å². The van der Waals surface area contributed by atoms with Gasteiger partial charge in [0.25, 0.3) is 5.91 Å². The number of imide groups is 1. The standard InChI is InChI=1S/C20H23ClN4O3S/c1-20(2,3)15-11-29-18(23-15)24-16(26)9-8-14-17(27)25(19(28)22-14)10-12-6-4-5-7-13(12)21/h4-7,11,14H,8-10H2,1-3H3,(H,22,28)(H,23,24,26)/t14-/m1/s1. The van der Waals surface area contributed by atoms with Gasteiger partial charge in [0.15, 0.2) is 5.13 Å². The number of benzene rings is 1. The maximum atomic E-state index is 12.6. The van der Waals surface area contributed by atoms with Gasteiger partial charge in [-0.25, -0.2) is 9.78 Å². The quantitative estimate of drug-likeness (QED) is 0.674. The van der Waals surface area contributed by atoms with E-state index in [4.69, 9.17) is 11.6 Å². The Morgan fingerprint density at radius 2 is 2.03 bits per heavy atom. The van der Waals surface area contributed by atoms with E-state index in [1.54, 1.807) is 24.3 Å². The number of thiazole rings is 1. The molecule has 1 aromatic heterocycles. The molecule has 2 aromatic rings. The van der Waals surface area contributed by atoms with E-state index < -0.39 is 12.1 Å². The minimum atomic E-state index is -0.725. The van der Waals surface area contributed by atoms with Gasteiger partial charge in [-0.05, 0) is 18.1 Å². The summed E-state index contributed by atoms with van der Waals surface area (Å²) in [4.78, 5) is 42.5. The first kappa shape index (κ1) is 21.3. The molecule has 0 saturated carbocycles. The third kappa shape index (κ3) is 5.13. The monoisotopic (exact) mass is 434 g/mol. The number of carbonyl (C=O) groups is 3. The van der Waals surface area contributed by atoms with E-state index in [-0.39, 0.29) is 36.6 Å². The van der Waals surface area contributed by atoms with Gasteiger partial charge in [-0.3, -0.25) is 14.5 Å². The first-order valence-electron chi connectivity index (χ1n) is 9.26. The lowest BCUT2D eigenvalue weighted by Crippen LogP contribution is -2.31. The minimum absolute atomic E-state index is 0.0921. The highest BCUT2D eigenvalue weighted by Crippen LogP contribution is 2.26. The molecule has 0 radical (unpaired) electrons. The van der Waals surface area contributed by atoms with Crippen molar-refractivity contribution >= 4 is 45.9 Å². The van der Waals surface area contributed by atoms with Gasteiger partial charge < -0.3 is 10.6 Å². The largest absolute Gasteiger partial charge is 0.326 e. The lowest BCUT2D eigenvalue weighted by molar-refractivity contribution is -0.128. The summed E-state index contributed by atoms with van der Waals surface area (Å²) in [6.07, 6.45) is 0.313. The summed E-state index contributed by atoms with van der Waals surface area (Å²) >= 11 is 7.48. The number of urea groups is 1. The van der Waals surface area contributed by atoms with Crippen molar-refractivity contribution in [1.82, 2.24) is 15.2 Å². The zero-order valence-corrected chi connectivity index (χ0v) is 18.1. The summed E-state index contributed by atoms with van der Waals surface area (Å²) in [5, 5.41) is 8.34. The minimum Gasteiger partial charge on any atom is -0.326 e. The van der Waals surface area contributed by atoms with Crippen molar-refractivity contribution in [3.05, 3.63) is 45.9 Å². The van der Waals surface area contributed by atoms with Crippen LogP contribution < -0.4 is 10.6 Å². The van der Waals surface area contributed by atoms with E-state index >= 15 is 0 Å². The van der Waals surface area contributed by atoms with Crippen LogP contribution in [0.3, 0.4) is 0 Å². The third-order valence-electron chi connectivity index (χ3n) is 4.57. The Morgan fingerprint density at radius 1 is 1.31 bits per heavy atom. The maximum Gasteiger partial charge on any atom is 0.325 e. The van der Waals surface area contributed by atoms with Crippen molar-refractivity contribution in [2.45, 2.75) is 51.6 Å². The van der Waals surface area contributed by atoms with Crippen LogP contribution in [0, 0.1) is 0 Å². The topological polar surface area (TPSA) is 91.4 Å².